The number of benzene rings is 2. The number of rotatable bonds is 6. The van der Waals surface area contributed by atoms with Gasteiger partial charge in [-0.2, -0.15) is 10.2 Å². The molecule has 142 valence electrons. The Morgan fingerprint density at radius 2 is 1.96 bits per heavy atom. The van der Waals surface area contributed by atoms with E-state index < -0.39 is 10.8 Å². The Labute approximate surface area is 169 Å². The first-order valence-electron chi connectivity index (χ1n) is 7.97. The second kappa shape index (κ2) is 8.64. The van der Waals surface area contributed by atoms with Crippen LogP contribution in [0.5, 0.6) is 0 Å². The Bertz CT molecular complexity index is 1050. The average Bonchev–Trinajstić information content (AvgIpc) is 3.12. The van der Waals surface area contributed by atoms with Crippen LogP contribution in [0.15, 0.2) is 59.8 Å². The lowest BCUT2D eigenvalue weighted by Gasteiger charge is -2.02. The largest absolute Gasteiger partial charge is 0.291 e. The summed E-state index contributed by atoms with van der Waals surface area (Å²) in [6.07, 6.45) is 3.04. The van der Waals surface area contributed by atoms with Crippen molar-refractivity contribution in [2.24, 2.45) is 5.10 Å². The number of carbonyl (C=O) groups is 1. The third-order valence-corrected chi connectivity index (χ3v) is 4.26. The summed E-state index contributed by atoms with van der Waals surface area (Å²) >= 11 is 11.9. The lowest BCUT2D eigenvalue weighted by atomic mass is 10.2. The van der Waals surface area contributed by atoms with E-state index in [2.05, 4.69) is 15.6 Å². The van der Waals surface area contributed by atoms with Gasteiger partial charge in [0.05, 0.1) is 22.7 Å². The van der Waals surface area contributed by atoms with Crippen molar-refractivity contribution in [3.63, 3.8) is 0 Å². The normalized spacial score (nSPS) is 10.9. The second-order valence-corrected chi connectivity index (χ2v) is 6.53. The number of halogens is 2. The standard InChI is InChI=1S/C18H13Cl2N5O3/c19-14-4-3-13(16(20)9-14)10-21-22-18(26)17-7-8-24(23-17)11-12-1-5-15(6-2-12)25(27)28/h1-10H,11H2,(H,22,26). The van der Waals surface area contributed by atoms with Crippen molar-refractivity contribution in [3.8, 4) is 0 Å². The van der Waals surface area contributed by atoms with Gasteiger partial charge in [-0.3, -0.25) is 19.6 Å². The Morgan fingerprint density at radius 3 is 2.64 bits per heavy atom. The minimum Gasteiger partial charge on any atom is -0.268 e. The van der Waals surface area contributed by atoms with Gasteiger partial charge in [0.1, 0.15) is 0 Å². The monoisotopic (exact) mass is 417 g/mol. The molecule has 8 nitrogen and oxygen atoms in total. The topological polar surface area (TPSA) is 102 Å². The number of hydrazone groups is 1. The predicted molar refractivity (Wildman–Crippen MR) is 106 cm³/mol. The molecular formula is C18H13Cl2N5O3. The highest BCUT2D eigenvalue weighted by atomic mass is 35.5. The van der Waals surface area contributed by atoms with Crippen molar-refractivity contribution < 1.29 is 9.72 Å². The van der Waals surface area contributed by atoms with Crippen LogP contribution in [0, 0.1) is 10.1 Å². The fraction of sp³-hybridized carbons (Fsp3) is 0.0556. The van der Waals surface area contributed by atoms with Crippen molar-refractivity contribution in [1.29, 1.82) is 0 Å². The number of nitro benzene ring substituents is 1. The van der Waals surface area contributed by atoms with Crippen molar-refractivity contribution in [2.45, 2.75) is 6.54 Å². The average molecular weight is 418 g/mol. The summed E-state index contributed by atoms with van der Waals surface area (Å²) in [7, 11) is 0. The molecule has 0 aliphatic heterocycles. The van der Waals surface area contributed by atoms with Crippen LogP contribution >= 0.6 is 23.2 Å². The SMILES string of the molecule is O=C(NN=Cc1ccc(Cl)cc1Cl)c1ccn(Cc2ccc([N+](=O)[O-])cc2)n1. The first-order valence-corrected chi connectivity index (χ1v) is 8.73. The van der Waals surface area contributed by atoms with Gasteiger partial charge in [0, 0.05) is 28.9 Å². The van der Waals surface area contributed by atoms with E-state index in [4.69, 9.17) is 23.2 Å². The van der Waals surface area contributed by atoms with Crippen molar-refractivity contribution >= 4 is 41.0 Å². The zero-order chi connectivity index (χ0) is 20.1. The van der Waals surface area contributed by atoms with E-state index in [9.17, 15) is 14.9 Å². The Balaban J connectivity index is 1.60. The van der Waals surface area contributed by atoms with Gasteiger partial charge >= 0.3 is 0 Å². The van der Waals surface area contributed by atoms with E-state index in [0.717, 1.165) is 5.56 Å². The first kappa shape index (κ1) is 19.5. The molecule has 0 fully saturated rings. The molecule has 0 radical (unpaired) electrons. The molecular weight excluding hydrogens is 405 g/mol. The highest BCUT2D eigenvalue weighted by Crippen LogP contribution is 2.19. The fourth-order valence-electron chi connectivity index (χ4n) is 2.30. The van der Waals surface area contributed by atoms with E-state index in [0.29, 0.717) is 22.2 Å². The van der Waals surface area contributed by atoms with E-state index in [-0.39, 0.29) is 11.4 Å². The summed E-state index contributed by atoms with van der Waals surface area (Å²) in [5.41, 5.74) is 4.00. The summed E-state index contributed by atoms with van der Waals surface area (Å²) in [5.74, 6) is -0.483. The summed E-state index contributed by atoms with van der Waals surface area (Å²) in [5, 5.41) is 19.6. The summed E-state index contributed by atoms with van der Waals surface area (Å²) < 4.78 is 1.55. The molecule has 1 N–H and O–H groups in total. The molecule has 0 unspecified atom stereocenters. The lowest BCUT2D eigenvalue weighted by Crippen LogP contribution is -2.18. The Kier molecular flexibility index (Phi) is 6.03. The molecule has 1 amide bonds. The van der Waals surface area contributed by atoms with E-state index >= 15 is 0 Å². The highest BCUT2D eigenvalue weighted by Gasteiger charge is 2.10. The van der Waals surface area contributed by atoms with E-state index in [1.54, 1.807) is 47.3 Å². The van der Waals surface area contributed by atoms with Crippen LogP contribution in [0.3, 0.4) is 0 Å². The molecule has 0 aliphatic carbocycles. The number of non-ortho nitro benzene ring substituents is 1. The lowest BCUT2D eigenvalue weighted by molar-refractivity contribution is -0.384. The van der Waals surface area contributed by atoms with Crippen LogP contribution < -0.4 is 5.43 Å². The molecule has 2 aromatic carbocycles. The van der Waals surface area contributed by atoms with Crippen LogP contribution in [-0.4, -0.2) is 26.8 Å². The Morgan fingerprint density at radius 1 is 1.21 bits per heavy atom. The molecule has 0 aliphatic rings. The van der Waals surface area contributed by atoms with Gasteiger partial charge in [-0.1, -0.05) is 41.4 Å². The van der Waals surface area contributed by atoms with Crippen LogP contribution in [0.4, 0.5) is 5.69 Å². The number of hydrogen-bond donors (Lipinski definition) is 1. The number of carbonyl (C=O) groups excluding carboxylic acids is 1. The fourth-order valence-corrected chi connectivity index (χ4v) is 2.76. The number of nitro groups is 1. The molecule has 3 rings (SSSR count). The summed E-state index contributed by atoms with van der Waals surface area (Å²) in [6.45, 7) is 0.370. The molecule has 1 aromatic heterocycles. The predicted octanol–water partition coefficient (Wildman–Crippen LogP) is 3.91. The van der Waals surface area contributed by atoms with Crippen molar-refractivity contribution in [1.82, 2.24) is 15.2 Å². The number of nitrogens with one attached hydrogen (secondary N) is 1. The first-order chi connectivity index (χ1) is 13.4. The molecule has 0 saturated heterocycles. The molecule has 10 heteroatoms. The molecule has 0 atom stereocenters. The summed E-state index contributed by atoms with van der Waals surface area (Å²) in [4.78, 5) is 22.3. The number of nitrogens with zero attached hydrogens (tertiary/aromatic N) is 4. The van der Waals surface area contributed by atoms with Crippen LogP contribution in [0.2, 0.25) is 10.0 Å². The third-order valence-electron chi connectivity index (χ3n) is 3.70. The molecule has 0 spiro atoms. The Hall–Kier alpha value is -3.23. The van der Waals surface area contributed by atoms with E-state index in [1.165, 1.54) is 18.3 Å². The van der Waals surface area contributed by atoms with Crippen LogP contribution in [0.25, 0.3) is 0 Å². The number of hydrogen-bond acceptors (Lipinski definition) is 5. The minimum absolute atomic E-state index is 0.0166. The number of aromatic nitrogens is 2. The molecule has 0 saturated carbocycles. The van der Waals surface area contributed by atoms with Gasteiger partial charge in [0.15, 0.2) is 5.69 Å². The van der Waals surface area contributed by atoms with Gasteiger partial charge in [-0.15, -0.1) is 0 Å². The highest BCUT2D eigenvalue weighted by molar-refractivity contribution is 6.36. The number of amides is 1. The van der Waals surface area contributed by atoms with Gasteiger partial charge in [-0.05, 0) is 23.8 Å². The molecule has 28 heavy (non-hydrogen) atoms. The van der Waals surface area contributed by atoms with Gasteiger partial charge < -0.3 is 0 Å². The summed E-state index contributed by atoms with van der Waals surface area (Å²) in [6, 6.07) is 12.6. The zero-order valence-corrected chi connectivity index (χ0v) is 15.8. The second-order valence-electron chi connectivity index (χ2n) is 5.69. The zero-order valence-electron chi connectivity index (χ0n) is 14.3. The molecule has 0 bridgehead atoms. The minimum atomic E-state index is -0.483. The van der Waals surface area contributed by atoms with Crippen molar-refractivity contribution in [2.75, 3.05) is 0 Å². The van der Waals surface area contributed by atoms with E-state index in [1.807, 2.05) is 0 Å². The van der Waals surface area contributed by atoms with Crippen LogP contribution in [0.1, 0.15) is 21.6 Å². The molecule has 1 heterocycles. The third kappa shape index (κ3) is 4.93. The smallest absolute Gasteiger partial charge is 0.268 e. The van der Waals surface area contributed by atoms with Crippen molar-refractivity contribution in [3.05, 3.63) is 91.7 Å². The maximum Gasteiger partial charge on any atom is 0.291 e. The van der Waals surface area contributed by atoms with Gasteiger partial charge in [0.2, 0.25) is 0 Å². The molecule has 3 aromatic rings. The van der Waals surface area contributed by atoms with Gasteiger partial charge in [0.25, 0.3) is 11.6 Å². The quantitative estimate of drug-likeness (QED) is 0.373. The van der Waals surface area contributed by atoms with Crippen LogP contribution in [-0.2, 0) is 6.54 Å². The maximum absolute atomic E-state index is 12.1. The van der Waals surface area contributed by atoms with Gasteiger partial charge in [-0.25, -0.2) is 5.43 Å². The maximum atomic E-state index is 12.1.